The first-order valence-electron chi connectivity index (χ1n) is 6.11. The second-order valence-corrected chi connectivity index (χ2v) is 5.20. The van der Waals surface area contributed by atoms with Gasteiger partial charge in [0.2, 0.25) is 0 Å². The van der Waals surface area contributed by atoms with Crippen LogP contribution in [0.15, 0.2) is 0 Å². The molecule has 3 nitrogen and oxygen atoms in total. The van der Waals surface area contributed by atoms with Gasteiger partial charge in [-0.25, -0.2) is 0 Å². The molecule has 82 valence electrons. The zero-order valence-corrected chi connectivity index (χ0v) is 9.18. The van der Waals surface area contributed by atoms with E-state index in [0.717, 1.165) is 12.8 Å². The number of nitrogens with one attached hydrogen (secondary N) is 1. The van der Waals surface area contributed by atoms with Crippen LogP contribution in [0.4, 0.5) is 0 Å². The number of nitrogens with two attached hydrogens (primary N) is 1. The van der Waals surface area contributed by atoms with E-state index in [-0.39, 0.29) is 5.54 Å². The number of aryl methyl sites for hydroxylation is 2. The molecule has 15 heavy (non-hydrogen) atoms. The SMILES string of the molecule is NC1(CCc2n[nH]c3c2CCCC3)CC1. The third kappa shape index (κ3) is 1.81. The van der Waals surface area contributed by atoms with Gasteiger partial charge in [-0.2, -0.15) is 5.10 Å². The molecule has 0 amide bonds. The minimum Gasteiger partial charge on any atom is -0.325 e. The Kier molecular flexibility index (Phi) is 2.09. The van der Waals surface area contributed by atoms with Crippen LogP contribution in [0.25, 0.3) is 0 Å². The molecule has 0 bridgehead atoms. The number of H-pyrrole nitrogens is 1. The second kappa shape index (κ2) is 3.34. The largest absolute Gasteiger partial charge is 0.325 e. The van der Waals surface area contributed by atoms with Crippen LogP contribution < -0.4 is 5.73 Å². The highest BCUT2D eigenvalue weighted by Gasteiger charge is 2.37. The zero-order valence-electron chi connectivity index (χ0n) is 9.18. The van der Waals surface area contributed by atoms with E-state index in [9.17, 15) is 0 Å². The first-order chi connectivity index (χ1) is 7.27. The van der Waals surface area contributed by atoms with Gasteiger partial charge < -0.3 is 5.73 Å². The average molecular weight is 205 g/mol. The van der Waals surface area contributed by atoms with Gasteiger partial charge in [-0.3, -0.25) is 5.10 Å². The van der Waals surface area contributed by atoms with E-state index in [0.29, 0.717) is 0 Å². The molecule has 1 fully saturated rings. The predicted octanol–water partition coefficient (Wildman–Crippen LogP) is 1.71. The summed E-state index contributed by atoms with van der Waals surface area (Å²) in [4.78, 5) is 0. The van der Waals surface area contributed by atoms with Gasteiger partial charge in [-0.1, -0.05) is 0 Å². The number of hydrogen-bond acceptors (Lipinski definition) is 2. The van der Waals surface area contributed by atoms with Gasteiger partial charge in [-0.15, -0.1) is 0 Å². The third-order valence-electron chi connectivity index (χ3n) is 3.89. The molecule has 1 heterocycles. The number of hydrogen-bond donors (Lipinski definition) is 2. The minimum absolute atomic E-state index is 0.167. The molecular weight excluding hydrogens is 186 g/mol. The molecule has 0 unspecified atom stereocenters. The fourth-order valence-corrected chi connectivity index (χ4v) is 2.53. The van der Waals surface area contributed by atoms with Crippen LogP contribution in [0.2, 0.25) is 0 Å². The fraction of sp³-hybridized carbons (Fsp3) is 0.750. The van der Waals surface area contributed by atoms with E-state index in [4.69, 9.17) is 5.73 Å². The Labute approximate surface area is 90.4 Å². The maximum Gasteiger partial charge on any atom is 0.0657 e. The van der Waals surface area contributed by atoms with Crippen LogP contribution in [0.5, 0.6) is 0 Å². The number of fused-ring (bicyclic) bond motifs is 1. The lowest BCUT2D eigenvalue weighted by Gasteiger charge is -2.12. The minimum atomic E-state index is 0.167. The van der Waals surface area contributed by atoms with Gasteiger partial charge in [0.05, 0.1) is 5.69 Å². The smallest absolute Gasteiger partial charge is 0.0657 e. The Balaban J connectivity index is 1.71. The molecular formula is C12H19N3. The van der Waals surface area contributed by atoms with Crippen molar-refractivity contribution < 1.29 is 0 Å². The Morgan fingerprint density at radius 3 is 2.87 bits per heavy atom. The monoisotopic (exact) mass is 205 g/mol. The normalized spacial score (nSPS) is 22.5. The lowest BCUT2D eigenvalue weighted by Crippen LogP contribution is -2.22. The lowest BCUT2D eigenvalue weighted by molar-refractivity contribution is 0.598. The van der Waals surface area contributed by atoms with Crippen LogP contribution >= 0.6 is 0 Å². The number of aromatic amines is 1. The van der Waals surface area contributed by atoms with Crippen molar-refractivity contribution >= 4 is 0 Å². The Morgan fingerprint density at radius 2 is 2.07 bits per heavy atom. The van der Waals surface area contributed by atoms with Crippen molar-refractivity contribution in [2.75, 3.05) is 0 Å². The van der Waals surface area contributed by atoms with E-state index in [1.165, 1.54) is 55.5 Å². The summed E-state index contributed by atoms with van der Waals surface area (Å²) in [6.07, 6.45) is 9.66. The van der Waals surface area contributed by atoms with E-state index in [1.54, 1.807) is 0 Å². The third-order valence-corrected chi connectivity index (χ3v) is 3.89. The van der Waals surface area contributed by atoms with Crippen molar-refractivity contribution in [2.45, 2.75) is 56.9 Å². The highest BCUT2D eigenvalue weighted by molar-refractivity contribution is 5.28. The van der Waals surface area contributed by atoms with Gasteiger partial charge >= 0.3 is 0 Å². The standard InChI is InChI=1S/C12H19N3/c13-12(7-8-12)6-5-11-9-3-1-2-4-10(9)14-15-11/h1-8,13H2,(H,14,15). The molecule has 0 radical (unpaired) electrons. The Bertz CT molecular complexity index is 363. The zero-order chi connectivity index (χ0) is 10.3. The number of rotatable bonds is 3. The molecule has 2 aliphatic carbocycles. The van der Waals surface area contributed by atoms with Crippen molar-refractivity contribution in [2.24, 2.45) is 5.73 Å². The van der Waals surface area contributed by atoms with Crippen LogP contribution in [-0.2, 0) is 19.3 Å². The first kappa shape index (κ1) is 9.40. The summed E-state index contributed by atoms with van der Waals surface area (Å²) >= 11 is 0. The van der Waals surface area contributed by atoms with Crippen molar-refractivity contribution in [1.82, 2.24) is 10.2 Å². The fourth-order valence-electron chi connectivity index (χ4n) is 2.53. The molecule has 1 aromatic heterocycles. The molecule has 1 saturated carbocycles. The average Bonchev–Trinajstić information content (AvgIpc) is 2.86. The Hall–Kier alpha value is -0.830. The molecule has 0 spiro atoms. The van der Waals surface area contributed by atoms with E-state index >= 15 is 0 Å². The molecule has 3 N–H and O–H groups in total. The summed E-state index contributed by atoms with van der Waals surface area (Å²) in [6, 6.07) is 0. The van der Waals surface area contributed by atoms with Crippen molar-refractivity contribution in [3.05, 3.63) is 17.0 Å². The van der Waals surface area contributed by atoms with Gasteiger partial charge in [-0.05, 0) is 56.9 Å². The second-order valence-electron chi connectivity index (χ2n) is 5.20. The predicted molar refractivity (Wildman–Crippen MR) is 59.7 cm³/mol. The van der Waals surface area contributed by atoms with Gasteiger partial charge in [0.15, 0.2) is 0 Å². The summed E-state index contributed by atoms with van der Waals surface area (Å²) in [7, 11) is 0. The van der Waals surface area contributed by atoms with E-state index in [1.807, 2.05) is 0 Å². The van der Waals surface area contributed by atoms with E-state index in [2.05, 4.69) is 10.2 Å². The number of nitrogens with zero attached hydrogens (tertiary/aromatic N) is 1. The number of aromatic nitrogens is 2. The lowest BCUT2D eigenvalue weighted by atomic mass is 9.94. The summed E-state index contributed by atoms with van der Waals surface area (Å²) in [6.45, 7) is 0. The van der Waals surface area contributed by atoms with Crippen molar-refractivity contribution in [3.8, 4) is 0 Å². The van der Waals surface area contributed by atoms with Crippen LogP contribution in [-0.4, -0.2) is 15.7 Å². The summed E-state index contributed by atoms with van der Waals surface area (Å²) in [5, 5.41) is 7.64. The van der Waals surface area contributed by atoms with Crippen LogP contribution in [0.1, 0.15) is 49.1 Å². The molecule has 1 aromatic rings. The molecule has 0 saturated heterocycles. The Morgan fingerprint density at radius 1 is 1.27 bits per heavy atom. The molecule has 0 aliphatic heterocycles. The van der Waals surface area contributed by atoms with Crippen LogP contribution in [0, 0.1) is 0 Å². The molecule has 0 atom stereocenters. The first-order valence-corrected chi connectivity index (χ1v) is 6.11. The topological polar surface area (TPSA) is 54.7 Å². The van der Waals surface area contributed by atoms with Gasteiger partial charge in [0, 0.05) is 11.2 Å². The summed E-state index contributed by atoms with van der Waals surface area (Å²) < 4.78 is 0. The maximum absolute atomic E-state index is 6.10. The molecule has 3 heteroatoms. The van der Waals surface area contributed by atoms with E-state index < -0.39 is 0 Å². The molecule has 0 aromatic carbocycles. The van der Waals surface area contributed by atoms with Crippen molar-refractivity contribution in [1.29, 1.82) is 0 Å². The quantitative estimate of drug-likeness (QED) is 0.789. The van der Waals surface area contributed by atoms with Crippen LogP contribution in [0.3, 0.4) is 0 Å². The van der Waals surface area contributed by atoms with Gasteiger partial charge in [0.1, 0.15) is 0 Å². The highest BCUT2D eigenvalue weighted by atomic mass is 15.1. The highest BCUT2D eigenvalue weighted by Crippen LogP contribution is 2.37. The maximum atomic E-state index is 6.10. The summed E-state index contributed by atoms with van der Waals surface area (Å²) in [5.74, 6) is 0. The molecule has 2 aliphatic rings. The van der Waals surface area contributed by atoms with Crippen molar-refractivity contribution in [3.63, 3.8) is 0 Å². The van der Waals surface area contributed by atoms with Gasteiger partial charge in [0.25, 0.3) is 0 Å². The molecule has 3 rings (SSSR count). The summed E-state index contributed by atoms with van der Waals surface area (Å²) in [5.41, 5.74) is 10.5.